The summed E-state index contributed by atoms with van der Waals surface area (Å²) in [5.41, 5.74) is 1.04. The highest BCUT2D eigenvalue weighted by molar-refractivity contribution is 5.74. The number of likely N-dealkylation sites (tertiary alicyclic amines) is 1. The van der Waals surface area contributed by atoms with Gasteiger partial charge in [0.25, 0.3) is 0 Å². The highest BCUT2D eigenvalue weighted by Crippen LogP contribution is 2.22. The first-order valence-corrected chi connectivity index (χ1v) is 10.6. The quantitative estimate of drug-likeness (QED) is 0.856. The molecule has 4 rings (SSSR count). The van der Waals surface area contributed by atoms with Crippen LogP contribution in [-0.4, -0.2) is 55.9 Å². The van der Waals surface area contributed by atoms with Crippen molar-refractivity contribution in [1.29, 1.82) is 0 Å². The Kier molecular flexibility index (Phi) is 5.69. The van der Waals surface area contributed by atoms with E-state index < -0.39 is 0 Å². The largest absolute Gasteiger partial charge is 0.490 e. The molecule has 2 aromatic rings. The molecule has 1 N–H and O–H groups in total. The fraction of sp³-hybridized carbons (Fsp3) is 0.619. The number of hydrogen-bond acceptors (Lipinski definition) is 5. The van der Waals surface area contributed by atoms with Crippen LogP contribution in [0.15, 0.2) is 18.5 Å². The molecule has 2 aliphatic rings. The minimum Gasteiger partial charge on any atom is -0.490 e. The van der Waals surface area contributed by atoms with Gasteiger partial charge in [-0.1, -0.05) is 13.8 Å². The van der Waals surface area contributed by atoms with E-state index in [0.717, 1.165) is 48.6 Å². The molecule has 8 heteroatoms. The second-order valence-corrected chi connectivity index (χ2v) is 8.35. The number of nitrogens with one attached hydrogen (secondary N) is 1. The van der Waals surface area contributed by atoms with Crippen LogP contribution in [0.3, 0.4) is 0 Å². The number of rotatable bonds is 4. The minimum absolute atomic E-state index is 0.0150. The first-order chi connectivity index (χ1) is 14.0. The number of fused-ring (bicyclic) bond motifs is 1. The van der Waals surface area contributed by atoms with Crippen molar-refractivity contribution in [3.63, 3.8) is 0 Å². The number of pyridine rings is 1. The maximum atomic E-state index is 12.7. The van der Waals surface area contributed by atoms with Gasteiger partial charge in [-0.15, -0.1) is 0 Å². The summed E-state index contributed by atoms with van der Waals surface area (Å²) in [7, 11) is 0. The van der Waals surface area contributed by atoms with E-state index in [-0.39, 0.29) is 18.2 Å². The Morgan fingerprint density at radius 1 is 1.28 bits per heavy atom. The molecule has 0 bridgehead atoms. The number of aryl methyl sites for hydroxylation is 2. The Bertz CT molecular complexity index is 857. The van der Waals surface area contributed by atoms with E-state index in [1.54, 1.807) is 6.20 Å². The predicted octanol–water partition coefficient (Wildman–Crippen LogP) is 2.67. The summed E-state index contributed by atoms with van der Waals surface area (Å²) in [6.07, 6.45) is 7.14. The van der Waals surface area contributed by atoms with Crippen LogP contribution in [-0.2, 0) is 13.0 Å². The van der Waals surface area contributed by atoms with Gasteiger partial charge in [-0.3, -0.25) is 4.98 Å². The molecule has 2 amide bonds. The minimum atomic E-state index is 0.0150. The normalized spacial score (nSPS) is 19.9. The van der Waals surface area contributed by atoms with Gasteiger partial charge in [0.05, 0.1) is 12.6 Å². The molecule has 8 nitrogen and oxygen atoms in total. The topological polar surface area (TPSA) is 85.2 Å². The first kappa shape index (κ1) is 19.7. The number of carbonyl (C=O) groups excluding carboxylic acids is 1. The van der Waals surface area contributed by atoms with Crippen LogP contribution in [0.25, 0.3) is 0 Å². The van der Waals surface area contributed by atoms with Crippen molar-refractivity contribution in [2.24, 2.45) is 0 Å². The molecular formula is C21H30N6O2. The molecule has 1 atom stereocenters. The van der Waals surface area contributed by atoms with E-state index in [1.807, 2.05) is 28.8 Å². The molecule has 1 unspecified atom stereocenters. The van der Waals surface area contributed by atoms with Crippen molar-refractivity contribution < 1.29 is 9.53 Å². The Morgan fingerprint density at radius 3 is 2.79 bits per heavy atom. The third-order valence-electron chi connectivity index (χ3n) is 5.71. The van der Waals surface area contributed by atoms with E-state index >= 15 is 0 Å². The van der Waals surface area contributed by atoms with Gasteiger partial charge in [0.2, 0.25) is 0 Å². The molecule has 1 fully saturated rings. The number of urea groups is 1. The maximum absolute atomic E-state index is 12.7. The molecule has 0 aliphatic carbocycles. The fourth-order valence-electron chi connectivity index (χ4n) is 3.91. The lowest BCUT2D eigenvalue weighted by Crippen LogP contribution is -2.51. The lowest BCUT2D eigenvalue weighted by Gasteiger charge is -2.34. The van der Waals surface area contributed by atoms with Crippen LogP contribution < -0.4 is 10.1 Å². The monoisotopic (exact) mass is 398 g/mol. The van der Waals surface area contributed by atoms with Crippen molar-refractivity contribution in [3.8, 4) is 5.75 Å². The Hall–Kier alpha value is -2.64. The molecule has 0 spiro atoms. The van der Waals surface area contributed by atoms with Gasteiger partial charge in [0, 0.05) is 56.2 Å². The van der Waals surface area contributed by atoms with Gasteiger partial charge in [-0.05, 0) is 19.4 Å². The Labute approximate surface area is 171 Å². The van der Waals surface area contributed by atoms with Crippen molar-refractivity contribution in [3.05, 3.63) is 35.7 Å². The van der Waals surface area contributed by atoms with Crippen molar-refractivity contribution >= 4 is 6.03 Å². The zero-order valence-electron chi connectivity index (χ0n) is 17.5. The summed E-state index contributed by atoms with van der Waals surface area (Å²) in [5.74, 6) is 3.12. The number of aromatic nitrogens is 4. The average molecular weight is 399 g/mol. The molecule has 0 aromatic carbocycles. The van der Waals surface area contributed by atoms with Crippen LogP contribution in [0.4, 0.5) is 4.79 Å². The Morgan fingerprint density at radius 2 is 2.07 bits per heavy atom. The predicted molar refractivity (Wildman–Crippen MR) is 109 cm³/mol. The second kappa shape index (κ2) is 8.39. The second-order valence-electron chi connectivity index (χ2n) is 8.35. The molecule has 2 aromatic heterocycles. The number of piperidine rings is 1. The molecule has 4 heterocycles. The molecule has 156 valence electrons. The first-order valence-electron chi connectivity index (χ1n) is 10.6. The standard InChI is InChI=1S/C21H30N6O2/c1-14(2)20-24-19-5-4-16(13-27(19)25-20)23-21(28)26-10-7-17(8-11-26)29-18-6-9-22-12-15(18)3/h6,9,12,14,16-17H,4-5,7-8,10-11,13H2,1-3H3,(H,23,28). The van der Waals surface area contributed by atoms with E-state index in [0.29, 0.717) is 25.6 Å². The highest BCUT2D eigenvalue weighted by Gasteiger charge is 2.28. The maximum Gasteiger partial charge on any atom is 0.317 e. The number of ether oxygens (including phenoxy) is 1. The molecule has 0 radical (unpaired) electrons. The van der Waals surface area contributed by atoms with Gasteiger partial charge >= 0.3 is 6.03 Å². The number of carbonyl (C=O) groups is 1. The van der Waals surface area contributed by atoms with Gasteiger partial charge < -0.3 is 15.0 Å². The SMILES string of the molecule is Cc1cnccc1OC1CCN(C(=O)NC2CCc3nc(C(C)C)nn3C2)CC1. The number of hydrogen-bond donors (Lipinski definition) is 1. The summed E-state index contributed by atoms with van der Waals surface area (Å²) in [6.45, 7) is 8.31. The van der Waals surface area contributed by atoms with Crippen LogP contribution in [0, 0.1) is 6.92 Å². The molecular weight excluding hydrogens is 368 g/mol. The van der Waals surface area contributed by atoms with Crippen molar-refractivity contribution in [1.82, 2.24) is 30.0 Å². The van der Waals surface area contributed by atoms with Crippen molar-refractivity contribution in [2.75, 3.05) is 13.1 Å². The number of amides is 2. The summed E-state index contributed by atoms with van der Waals surface area (Å²) in [6, 6.07) is 2.02. The molecule has 2 aliphatic heterocycles. The summed E-state index contributed by atoms with van der Waals surface area (Å²) < 4.78 is 8.07. The third-order valence-corrected chi connectivity index (χ3v) is 5.71. The van der Waals surface area contributed by atoms with E-state index in [2.05, 4.69) is 34.2 Å². The Balaban J connectivity index is 1.26. The van der Waals surface area contributed by atoms with Crippen LogP contribution in [0.5, 0.6) is 5.75 Å². The van der Waals surface area contributed by atoms with Crippen LogP contribution in [0.2, 0.25) is 0 Å². The smallest absolute Gasteiger partial charge is 0.317 e. The van der Waals surface area contributed by atoms with Gasteiger partial charge in [-0.2, -0.15) is 5.10 Å². The lowest BCUT2D eigenvalue weighted by atomic mass is 10.1. The molecule has 29 heavy (non-hydrogen) atoms. The van der Waals surface area contributed by atoms with Crippen LogP contribution >= 0.6 is 0 Å². The average Bonchev–Trinajstić information content (AvgIpc) is 3.14. The lowest BCUT2D eigenvalue weighted by molar-refractivity contribution is 0.108. The molecule has 1 saturated heterocycles. The van der Waals surface area contributed by atoms with E-state index in [4.69, 9.17) is 4.74 Å². The van der Waals surface area contributed by atoms with Crippen LogP contribution in [0.1, 0.15) is 56.2 Å². The van der Waals surface area contributed by atoms with E-state index in [1.165, 1.54) is 0 Å². The summed E-state index contributed by atoms with van der Waals surface area (Å²) >= 11 is 0. The zero-order valence-corrected chi connectivity index (χ0v) is 17.5. The number of nitrogens with zero attached hydrogens (tertiary/aromatic N) is 5. The molecule has 0 saturated carbocycles. The fourth-order valence-corrected chi connectivity index (χ4v) is 3.91. The van der Waals surface area contributed by atoms with Gasteiger partial charge in [-0.25, -0.2) is 14.5 Å². The summed E-state index contributed by atoms with van der Waals surface area (Å²) in [4.78, 5) is 23.3. The van der Waals surface area contributed by atoms with Crippen molar-refractivity contribution in [2.45, 2.75) is 71.1 Å². The highest BCUT2D eigenvalue weighted by atomic mass is 16.5. The zero-order chi connectivity index (χ0) is 20.4. The van der Waals surface area contributed by atoms with E-state index in [9.17, 15) is 4.79 Å². The van der Waals surface area contributed by atoms with Gasteiger partial charge in [0.1, 0.15) is 17.7 Å². The third kappa shape index (κ3) is 4.52. The van der Waals surface area contributed by atoms with Gasteiger partial charge in [0.15, 0.2) is 5.82 Å². The summed E-state index contributed by atoms with van der Waals surface area (Å²) in [5, 5.41) is 7.79.